The van der Waals surface area contributed by atoms with Crippen LogP contribution >= 0.6 is 23.5 Å². The maximum absolute atomic E-state index is 5.15. The van der Waals surface area contributed by atoms with Gasteiger partial charge in [-0.05, 0) is 30.7 Å². The van der Waals surface area contributed by atoms with Crippen molar-refractivity contribution in [1.82, 2.24) is 5.32 Å². The molecule has 1 fully saturated rings. The number of thioether (sulfide) groups is 2. The molecule has 0 aliphatic carbocycles. The molecule has 18 heavy (non-hydrogen) atoms. The molecular weight excluding hydrogens is 262 g/mol. The van der Waals surface area contributed by atoms with E-state index in [2.05, 4.69) is 41.0 Å². The van der Waals surface area contributed by atoms with Crippen LogP contribution in [0.2, 0.25) is 0 Å². The second-order valence-electron chi connectivity index (χ2n) is 4.37. The fourth-order valence-corrected chi connectivity index (χ4v) is 4.59. The average Bonchev–Trinajstić information content (AvgIpc) is 2.45. The Hall–Kier alpha value is -0.320. The average molecular weight is 283 g/mol. The number of ether oxygens (including phenoxy) is 1. The summed E-state index contributed by atoms with van der Waals surface area (Å²) in [6, 6.07) is 8.35. The van der Waals surface area contributed by atoms with Gasteiger partial charge in [0.1, 0.15) is 5.75 Å². The summed E-state index contributed by atoms with van der Waals surface area (Å²) < 4.78 is 5.15. The van der Waals surface area contributed by atoms with Gasteiger partial charge in [0, 0.05) is 29.1 Å². The van der Waals surface area contributed by atoms with Crippen molar-refractivity contribution in [3.63, 3.8) is 0 Å². The molecule has 1 atom stereocenters. The quantitative estimate of drug-likeness (QED) is 0.810. The highest BCUT2D eigenvalue weighted by Crippen LogP contribution is 2.23. The number of rotatable bonds is 6. The summed E-state index contributed by atoms with van der Waals surface area (Å²) in [5.74, 6) is 4.88. The molecule has 100 valence electrons. The molecule has 0 spiro atoms. The van der Waals surface area contributed by atoms with E-state index in [9.17, 15) is 0 Å². The van der Waals surface area contributed by atoms with Crippen LogP contribution in [0.3, 0.4) is 0 Å². The summed E-state index contributed by atoms with van der Waals surface area (Å²) in [6.07, 6.45) is 1.09. The molecule has 1 aromatic carbocycles. The minimum Gasteiger partial charge on any atom is -0.497 e. The van der Waals surface area contributed by atoms with Crippen molar-refractivity contribution in [3.8, 4) is 5.75 Å². The highest BCUT2D eigenvalue weighted by atomic mass is 32.2. The van der Waals surface area contributed by atoms with Crippen LogP contribution in [0.1, 0.15) is 5.56 Å². The minimum absolute atomic E-state index is 0.805. The maximum atomic E-state index is 5.15. The minimum atomic E-state index is 0.805. The summed E-state index contributed by atoms with van der Waals surface area (Å²) in [6.45, 7) is 2.21. The molecule has 1 unspecified atom stereocenters. The number of nitrogens with one attached hydrogen (secondary N) is 1. The molecule has 0 radical (unpaired) electrons. The molecule has 1 saturated heterocycles. The lowest BCUT2D eigenvalue weighted by Gasteiger charge is -2.21. The van der Waals surface area contributed by atoms with Crippen molar-refractivity contribution in [1.29, 1.82) is 0 Å². The molecule has 1 N–H and O–H groups in total. The van der Waals surface area contributed by atoms with Crippen molar-refractivity contribution in [3.05, 3.63) is 29.8 Å². The lowest BCUT2D eigenvalue weighted by Crippen LogP contribution is -2.30. The van der Waals surface area contributed by atoms with Gasteiger partial charge in [0.05, 0.1) is 7.11 Å². The first-order valence-corrected chi connectivity index (χ1v) is 8.62. The molecule has 1 aliphatic heterocycles. The van der Waals surface area contributed by atoms with E-state index in [1.165, 1.54) is 22.8 Å². The Morgan fingerprint density at radius 2 is 2.11 bits per heavy atom. The van der Waals surface area contributed by atoms with E-state index in [4.69, 9.17) is 4.74 Å². The van der Waals surface area contributed by atoms with Crippen LogP contribution in [0, 0.1) is 0 Å². The fourth-order valence-electron chi connectivity index (χ4n) is 1.94. The SMILES string of the molecule is COc1ccc(CCNCC2CSCCS2)cc1. The lowest BCUT2D eigenvalue weighted by molar-refractivity contribution is 0.414. The Kier molecular flexibility index (Phi) is 6.24. The number of hydrogen-bond acceptors (Lipinski definition) is 4. The lowest BCUT2D eigenvalue weighted by atomic mass is 10.1. The standard InChI is InChI=1S/C14H21NOS2/c1-16-13-4-2-12(3-5-13)6-7-15-10-14-11-17-8-9-18-14/h2-5,14-15H,6-11H2,1H3. The summed E-state index contributed by atoms with van der Waals surface area (Å²) in [7, 11) is 1.70. The van der Waals surface area contributed by atoms with E-state index in [1.54, 1.807) is 7.11 Å². The van der Waals surface area contributed by atoms with E-state index in [0.717, 1.165) is 30.5 Å². The van der Waals surface area contributed by atoms with Gasteiger partial charge in [0.2, 0.25) is 0 Å². The summed E-state index contributed by atoms with van der Waals surface area (Å²) in [5.41, 5.74) is 1.37. The highest BCUT2D eigenvalue weighted by molar-refractivity contribution is 8.06. The van der Waals surface area contributed by atoms with Gasteiger partial charge < -0.3 is 10.1 Å². The molecule has 0 saturated carbocycles. The van der Waals surface area contributed by atoms with Crippen molar-refractivity contribution in [2.75, 3.05) is 37.5 Å². The third-order valence-corrected chi connectivity index (χ3v) is 5.85. The van der Waals surface area contributed by atoms with Crippen molar-refractivity contribution >= 4 is 23.5 Å². The van der Waals surface area contributed by atoms with Crippen LogP contribution in [0.15, 0.2) is 24.3 Å². The monoisotopic (exact) mass is 283 g/mol. The van der Waals surface area contributed by atoms with E-state index in [-0.39, 0.29) is 0 Å². The third-order valence-electron chi connectivity index (χ3n) is 3.01. The van der Waals surface area contributed by atoms with Crippen LogP contribution in [-0.4, -0.2) is 42.7 Å². The maximum Gasteiger partial charge on any atom is 0.118 e. The Labute approximate surface area is 118 Å². The van der Waals surface area contributed by atoms with E-state index >= 15 is 0 Å². The first-order valence-electron chi connectivity index (χ1n) is 6.41. The zero-order valence-corrected chi connectivity index (χ0v) is 12.5. The van der Waals surface area contributed by atoms with Gasteiger partial charge in [0.25, 0.3) is 0 Å². The van der Waals surface area contributed by atoms with E-state index in [0.29, 0.717) is 0 Å². The Bertz CT molecular complexity index is 336. The highest BCUT2D eigenvalue weighted by Gasteiger charge is 2.13. The molecule has 1 aliphatic rings. The second kappa shape index (κ2) is 7.97. The number of methoxy groups -OCH3 is 1. The molecule has 1 heterocycles. The van der Waals surface area contributed by atoms with Gasteiger partial charge in [-0.1, -0.05) is 12.1 Å². The third kappa shape index (κ3) is 4.75. The van der Waals surface area contributed by atoms with Gasteiger partial charge in [-0.25, -0.2) is 0 Å². The predicted octanol–water partition coefficient (Wildman–Crippen LogP) is 2.68. The van der Waals surface area contributed by atoms with E-state index < -0.39 is 0 Å². The second-order valence-corrected chi connectivity index (χ2v) is 6.93. The number of benzene rings is 1. The van der Waals surface area contributed by atoms with Crippen LogP contribution in [-0.2, 0) is 6.42 Å². The van der Waals surface area contributed by atoms with Crippen LogP contribution in [0.4, 0.5) is 0 Å². The molecule has 0 amide bonds. The van der Waals surface area contributed by atoms with Crippen molar-refractivity contribution in [2.24, 2.45) is 0 Å². The smallest absolute Gasteiger partial charge is 0.118 e. The fraction of sp³-hybridized carbons (Fsp3) is 0.571. The van der Waals surface area contributed by atoms with Crippen LogP contribution in [0.5, 0.6) is 5.75 Å². The van der Waals surface area contributed by atoms with Gasteiger partial charge in [-0.15, -0.1) is 0 Å². The number of hydrogen-bond donors (Lipinski definition) is 1. The molecule has 2 rings (SSSR count). The Balaban J connectivity index is 1.62. The molecular formula is C14H21NOS2. The topological polar surface area (TPSA) is 21.3 Å². The molecule has 2 nitrogen and oxygen atoms in total. The van der Waals surface area contributed by atoms with Crippen molar-refractivity contribution < 1.29 is 4.74 Å². The molecule has 0 aromatic heterocycles. The molecule has 0 bridgehead atoms. The Morgan fingerprint density at radius 3 is 2.78 bits per heavy atom. The summed E-state index contributed by atoms with van der Waals surface area (Å²) in [5, 5.41) is 4.37. The van der Waals surface area contributed by atoms with Crippen molar-refractivity contribution in [2.45, 2.75) is 11.7 Å². The zero-order chi connectivity index (χ0) is 12.6. The Morgan fingerprint density at radius 1 is 1.28 bits per heavy atom. The summed E-state index contributed by atoms with van der Waals surface area (Å²) in [4.78, 5) is 0. The normalized spacial score (nSPS) is 19.7. The van der Waals surface area contributed by atoms with Gasteiger partial charge in [-0.2, -0.15) is 23.5 Å². The predicted molar refractivity (Wildman–Crippen MR) is 83.1 cm³/mol. The van der Waals surface area contributed by atoms with Gasteiger partial charge >= 0.3 is 0 Å². The van der Waals surface area contributed by atoms with Gasteiger partial charge in [-0.3, -0.25) is 0 Å². The van der Waals surface area contributed by atoms with Gasteiger partial charge in [0.15, 0.2) is 0 Å². The molecule has 1 aromatic rings. The van der Waals surface area contributed by atoms with E-state index in [1.807, 2.05) is 12.1 Å². The summed E-state index contributed by atoms with van der Waals surface area (Å²) >= 11 is 4.20. The first kappa shape index (κ1) is 14.1. The van der Waals surface area contributed by atoms with Crippen LogP contribution in [0.25, 0.3) is 0 Å². The first-order chi connectivity index (χ1) is 8.88. The zero-order valence-electron chi connectivity index (χ0n) is 10.9. The largest absolute Gasteiger partial charge is 0.497 e. The molecule has 4 heteroatoms. The van der Waals surface area contributed by atoms with Crippen LogP contribution < -0.4 is 10.1 Å².